The van der Waals surface area contributed by atoms with E-state index in [0.717, 1.165) is 37.9 Å². The van der Waals surface area contributed by atoms with E-state index in [4.69, 9.17) is 9.47 Å². The number of carbonyl (C=O) groups is 1. The third-order valence-corrected chi connectivity index (χ3v) is 7.23. The van der Waals surface area contributed by atoms with E-state index in [-0.39, 0.29) is 16.9 Å². The molecule has 0 spiro atoms. The molecule has 2 aromatic carbocycles. The molecule has 0 bridgehead atoms. The molecule has 7 nitrogen and oxygen atoms in total. The van der Waals surface area contributed by atoms with Crippen LogP contribution >= 0.6 is 0 Å². The summed E-state index contributed by atoms with van der Waals surface area (Å²) in [5, 5.41) is 3.03. The van der Waals surface area contributed by atoms with Gasteiger partial charge in [0.25, 0.3) is 10.0 Å². The van der Waals surface area contributed by atoms with Crippen LogP contribution in [-0.4, -0.2) is 40.2 Å². The maximum atomic E-state index is 12.8. The van der Waals surface area contributed by atoms with Gasteiger partial charge in [0.2, 0.25) is 5.91 Å². The second kappa shape index (κ2) is 8.88. The minimum Gasteiger partial charge on any atom is -0.494 e. The second-order valence-corrected chi connectivity index (χ2v) is 9.70. The van der Waals surface area contributed by atoms with Crippen molar-refractivity contribution in [2.45, 2.75) is 49.0 Å². The van der Waals surface area contributed by atoms with E-state index in [1.807, 2.05) is 19.1 Å². The van der Waals surface area contributed by atoms with Crippen molar-refractivity contribution in [3.63, 3.8) is 0 Å². The van der Waals surface area contributed by atoms with Gasteiger partial charge in [-0.05, 0) is 74.6 Å². The smallest absolute Gasteiger partial charge is 0.261 e. The Morgan fingerprint density at radius 1 is 1.13 bits per heavy atom. The highest BCUT2D eigenvalue weighted by Gasteiger charge is 2.51. The number of rotatable bonds is 9. The van der Waals surface area contributed by atoms with Gasteiger partial charge in [0.1, 0.15) is 5.75 Å². The van der Waals surface area contributed by atoms with Crippen molar-refractivity contribution in [1.82, 2.24) is 5.32 Å². The molecule has 8 heteroatoms. The molecule has 166 valence electrons. The molecule has 1 saturated carbocycles. The average Bonchev–Trinajstić information content (AvgIpc) is 3.41. The summed E-state index contributed by atoms with van der Waals surface area (Å²) in [5.74, 6) is 0.643. The lowest BCUT2D eigenvalue weighted by molar-refractivity contribution is -0.124. The number of carbonyl (C=O) groups excluding carboxylic acids is 1. The molecule has 1 unspecified atom stereocenters. The van der Waals surface area contributed by atoms with Crippen LogP contribution in [0, 0.1) is 0 Å². The summed E-state index contributed by atoms with van der Waals surface area (Å²) in [5.41, 5.74) is 0.847. The van der Waals surface area contributed by atoms with Crippen LogP contribution in [-0.2, 0) is 25.0 Å². The fraction of sp³-hybridized carbons (Fsp3) is 0.435. The maximum absolute atomic E-state index is 12.8. The van der Waals surface area contributed by atoms with E-state index in [9.17, 15) is 13.2 Å². The number of sulfonamides is 1. The Labute approximate surface area is 183 Å². The predicted molar refractivity (Wildman–Crippen MR) is 118 cm³/mol. The third-order valence-electron chi connectivity index (χ3n) is 5.83. The van der Waals surface area contributed by atoms with Crippen molar-refractivity contribution >= 4 is 21.6 Å². The Hall–Kier alpha value is -2.58. The lowest BCUT2D eigenvalue weighted by Crippen LogP contribution is -2.39. The molecule has 1 aliphatic heterocycles. The molecule has 2 N–H and O–H groups in total. The van der Waals surface area contributed by atoms with Crippen LogP contribution in [0.1, 0.15) is 38.2 Å². The first-order chi connectivity index (χ1) is 14.9. The standard InChI is InChI=1S/C23H28N2O5S/c1-2-29-19-9-11-21(12-10-19)31(27,28)25-18-7-5-17(6-8-18)23(13-14-23)22(26)24-16-20-4-3-15-30-20/h5-12,20,25H,2-4,13-16H2,1H3,(H,24,26). The Morgan fingerprint density at radius 3 is 2.42 bits per heavy atom. The molecule has 1 amide bonds. The highest BCUT2D eigenvalue weighted by atomic mass is 32.2. The van der Waals surface area contributed by atoms with E-state index in [1.54, 1.807) is 24.3 Å². The van der Waals surface area contributed by atoms with Crippen molar-refractivity contribution < 1.29 is 22.7 Å². The van der Waals surface area contributed by atoms with Crippen LogP contribution in [0.4, 0.5) is 5.69 Å². The van der Waals surface area contributed by atoms with Gasteiger partial charge in [-0.1, -0.05) is 12.1 Å². The minimum atomic E-state index is -3.71. The highest BCUT2D eigenvalue weighted by molar-refractivity contribution is 7.92. The van der Waals surface area contributed by atoms with Gasteiger partial charge in [-0.25, -0.2) is 8.42 Å². The van der Waals surface area contributed by atoms with Gasteiger partial charge < -0.3 is 14.8 Å². The fourth-order valence-corrected chi connectivity index (χ4v) is 4.96. The van der Waals surface area contributed by atoms with Gasteiger partial charge in [-0.3, -0.25) is 9.52 Å². The molecular formula is C23H28N2O5S. The zero-order chi connectivity index (χ0) is 21.9. The Morgan fingerprint density at radius 2 is 1.84 bits per heavy atom. The first-order valence-electron chi connectivity index (χ1n) is 10.7. The number of anilines is 1. The molecule has 0 aromatic heterocycles. The zero-order valence-corrected chi connectivity index (χ0v) is 18.4. The van der Waals surface area contributed by atoms with E-state index >= 15 is 0 Å². The summed E-state index contributed by atoms with van der Waals surface area (Å²) < 4.78 is 38.8. The molecule has 4 rings (SSSR count). The van der Waals surface area contributed by atoms with Crippen LogP contribution in [0.15, 0.2) is 53.4 Å². The Bertz CT molecular complexity index is 1010. The van der Waals surface area contributed by atoms with Crippen LogP contribution in [0.25, 0.3) is 0 Å². The summed E-state index contributed by atoms with van der Waals surface area (Å²) in [4.78, 5) is 12.9. The van der Waals surface area contributed by atoms with Crippen molar-refractivity contribution in [3.05, 3.63) is 54.1 Å². The number of benzene rings is 2. The molecule has 31 heavy (non-hydrogen) atoms. The van der Waals surface area contributed by atoms with Crippen molar-refractivity contribution in [1.29, 1.82) is 0 Å². The summed E-state index contributed by atoms with van der Waals surface area (Å²) >= 11 is 0. The van der Waals surface area contributed by atoms with Crippen LogP contribution < -0.4 is 14.8 Å². The lowest BCUT2D eigenvalue weighted by atomic mass is 9.94. The van der Waals surface area contributed by atoms with Crippen molar-refractivity contribution in [3.8, 4) is 5.75 Å². The van der Waals surface area contributed by atoms with Gasteiger partial charge >= 0.3 is 0 Å². The third kappa shape index (κ3) is 4.85. The Kier molecular flexibility index (Phi) is 6.20. The number of amides is 1. The first kappa shape index (κ1) is 21.6. The van der Waals surface area contributed by atoms with Gasteiger partial charge in [0, 0.05) is 18.8 Å². The van der Waals surface area contributed by atoms with Crippen molar-refractivity contribution in [2.24, 2.45) is 0 Å². The molecule has 2 aliphatic rings. The second-order valence-electron chi connectivity index (χ2n) is 8.01. The topological polar surface area (TPSA) is 93.7 Å². The fourth-order valence-electron chi connectivity index (χ4n) is 3.91. The van der Waals surface area contributed by atoms with Crippen LogP contribution in [0.2, 0.25) is 0 Å². The van der Waals surface area contributed by atoms with E-state index < -0.39 is 15.4 Å². The quantitative estimate of drug-likeness (QED) is 0.619. The zero-order valence-electron chi connectivity index (χ0n) is 17.6. The van der Waals surface area contributed by atoms with E-state index in [0.29, 0.717) is 24.6 Å². The number of nitrogens with one attached hydrogen (secondary N) is 2. The number of hydrogen-bond donors (Lipinski definition) is 2. The molecule has 2 fully saturated rings. The summed E-state index contributed by atoms with van der Waals surface area (Å²) in [6.45, 7) is 3.69. The monoisotopic (exact) mass is 444 g/mol. The van der Waals surface area contributed by atoms with Crippen LogP contribution in [0.5, 0.6) is 5.75 Å². The van der Waals surface area contributed by atoms with Crippen molar-refractivity contribution in [2.75, 3.05) is 24.5 Å². The summed E-state index contributed by atoms with van der Waals surface area (Å²) in [6, 6.07) is 13.4. The predicted octanol–water partition coefficient (Wildman–Crippen LogP) is 3.21. The van der Waals surface area contributed by atoms with Gasteiger partial charge in [0.05, 0.1) is 23.0 Å². The van der Waals surface area contributed by atoms with Gasteiger partial charge in [0.15, 0.2) is 0 Å². The largest absolute Gasteiger partial charge is 0.494 e. The molecule has 1 atom stereocenters. The van der Waals surface area contributed by atoms with E-state index in [1.165, 1.54) is 12.1 Å². The lowest BCUT2D eigenvalue weighted by Gasteiger charge is -2.18. The average molecular weight is 445 g/mol. The molecule has 1 aliphatic carbocycles. The summed E-state index contributed by atoms with van der Waals surface area (Å²) in [7, 11) is -3.71. The normalized spacial score (nSPS) is 19.6. The highest BCUT2D eigenvalue weighted by Crippen LogP contribution is 2.48. The van der Waals surface area contributed by atoms with E-state index in [2.05, 4.69) is 10.0 Å². The molecule has 2 aromatic rings. The maximum Gasteiger partial charge on any atom is 0.261 e. The molecule has 0 radical (unpaired) electrons. The van der Waals surface area contributed by atoms with Gasteiger partial charge in [-0.2, -0.15) is 0 Å². The minimum absolute atomic E-state index is 0.0192. The van der Waals surface area contributed by atoms with Crippen LogP contribution in [0.3, 0.4) is 0 Å². The molecular weight excluding hydrogens is 416 g/mol. The Balaban J connectivity index is 1.40. The summed E-state index contributed by atoms with van der Waals surface area (Å²) in [6.07, 6.45) is 3.72. The first-order valence-corrected chi connectivity index (χ1v) is 12.2. The number of ether oxygens (including phenoxy) is 2. The molecule has 1 saturated heterocycles. The van der Waals surface area contributed by atoms with Gasteiger partial charge in [-0.15, -0.1) is 0 Å². The SMILES string of the molecule is CCOc1ccc(S(=O)(=O)Nc2ccc(C3(C(=O)NCC4CCCO4)CC3)cc2)cc1. The molecule has 1 heterocycles. The number of hydrogen-bond acceptors (Lipinski definition) is 5.